The standard InChI is InChI=1S/C18H18O2/c1-3-7-15(8-4-1)17-11-13-18(14-12-17,20-19-17)16-9-5-2-6-10-16/h1-10H,11-14H2. The van der Waals surface area contributed by atoms with E-state index in [1.807, 2.05) is 12.1 Å². The Morgan fingerprint density at radius 1 is 0.550 bits per heavy atom. The van der Waals surface area contributed by atoms with E-state index in [1.54, 1.807) is 0 Å². The fourth-order valence-electron chi connectivity index (χ4n) is 3.54. The molecule has 2 nitrogen and oxygen atoms in total. The molecule has 2 saturated heterocycles. The van der Waals surface area contributed by atoms with Crippen molar-refractivity contribution in [3.63, 3.8) is 0 Å². The molecule has 2 aromatic carbocycles. The fraction of sp³-hybridized carbons (Fsp3) is 0.333. The first-order chi connectivity index (χ1) is 9.83. The van der Waals surface area contributed by atoms with Crippen molar-refractivity contribution >= 4 is 0 Å². The van der Waals surface area contributed by atoms with Gasteiger partial charge >= 0.3 is 0 Å². The highest BCUT2D eigenvalue weighted by molar-refractivity contribution is 5.29. The highest BCUT2D eigenvalue weighted by Crippen LogP contribution is 2.55. The Morgan fingerprint density at radius 3 is 1.20 bits per heavy atom. The fourth-order valence-corrected chi connectivity index (χ4v) is 3.54. The van der Waals surface area contributed by atoms with Crippen LogP contribution in [0.1, 0.15) is 36.8 Å². The van der Waals surface area contributed by atoms with Crippen molar-refractivity contribution in [2.45, 2.75) is 36.9 Å². The molecule has 3 aliphatic rings. The van der Waals surface area contributed by atoms with E-state index in [-0.39, 0.29) is 11.2 Å². The molecular formula is C18H18O2. The summed E-state index contributed by atoms with van der Waals surface area (Å²) in [6, 6.07) is 20.9. The van der Waals surface area contributed by atoms with Crippen LogP contribution in [0, 0.1) is 0 Å². The maximum atomic E-state index is 5.91. The third kappa shape index (κ3) is 1.72. The Hall–Kier alpha value is -1.64. The summed E-state index contributed by atoms with van der Waals surface area (Å²) in [5, 5.41) is 0. The van der Waals surface area contributed by atoms with Crippen LogP contribution >= 0.6 is 0 Å². The number of benzene rings is 2. The average molecular weight is 266 g/mol. The molecule has 0 atom stereocenters. The number of hydrogen-bond donors (Lipinski definition) is 0. The van der Waals surface area contributed by atoms with Crippen LogP contribution in [0.4, 0.5) is 0 Å². The summed E-state index contributed by atoms with van der Waals surface area (Å²) < 4.78 is 0. The van der Waals surface area contributed by atoms with Crippen LogP contribution in [0.15, 0.2) is 60.7 Å². The summed E-state index contributed by atoms with van der Waals surface area (Å²) in [6.45, 7) is 0. The van der Waals surface area contributed by atoms with Crippen molar-refractivity contribution in [3.8, 4) is 0 Å². The zero-order chi connectivity index (χ0) is 13.5. The van der Waals surface area contributed by atoms with E-state index in [0.29, 0.717) is 0 Å². The highest BCUT2D eigenvalue weighted by atomic mass is 17.2. The van der Waals surface area contributed by atoms with Crippen molar-refractivity contribution in [1.82, 2.24) is 0 Å². The van der Waals surface area contributed by atoms with Gasteiger partial charge < -0.3 is 0 Å². The Bertz CT molecular complexity index is 511. The average Bonchev–Trinajstić information content (AvgIpc) is 2.58. The predicted octanol–water partition coefficient (Wildman–Crippen LogP) is 4.31. The molecule has 2 aromatic rings. The zero-order valence-electron chi connectivity index (χ0n) is 11.4. The molecule has 5 rings (SSSR count). The molecule has 2 heteroatoms. The molecule has 1 aliphatic carbocycles. The lowest BCUT2D eigenvalue weighted by Crippen LogP contribution is -2.50. The van der Waals surface area contributed by atoms with E-state index in [2.05, 4.69) is 48.5 Å². The molecule has 2 bridgehead atoms. The Labute approximate surface area is 119 Å². The third-order valence-electron chi connectivity index (χ3n) is 4.83. The van der Waals surface area contributed by atoms with Crippen molar-refractivity contribution in [1.29, 1.82) is 0 Å². The second-order valence-corrected chi connectivity index (χ2v) is 5.89. The topological polar surface area (TPSA) is 18.5 Å². The molecule has 3 fully saturated rings. The molecule has 0 amide bonds. The molecule has 2 aliphatic heterocycles. The maximum absolute atomic E-state index is 5.91. The summed E-state index contributed by atoms with van der Waals surface area (Å²) in [5.41, 5.74) is 2.00. The van der Waals surface area contributed by atoms with Crippen LogP contribution in [-0.2, 0) is 21.0 Å². The van der Waals surface area contributed by atoms with Gasteiger partial charge in [-0.3, -0.25) is 0 Å². The molecular weight excluding hydrogens is 248 g/mol. The van der Waals surface area contributed by atoms with E-state index in [0.717, 1.165) is 25.7 Å². The molecule has 2 heterocycles. The smallest absolute Gasteiger partial charge is 0.129 e. The number of hydrogen-bond acceptors (Lipinski definition) is 2. The monoisotopic (exact) mass is 266 g/mol. The highest BCUT2D eigenvalue weighted by Gasteiger charge is 2.53. The lowest BCUT2D eigenvalue weighted by atomic mass is 9.69. The van der Waals surface area contributed by atoms with Gasteiger partial charge in [-0.15, -0.1) is 0 Å². The molecule has 0 aromatic heterocycles. The predicted molar refractivity (Wildman–Crippen MR) is 76.9 cm³/mol. The normalized spacial score (nSPS) is 32.2. The van der Waals surface area contributed by atoms with Gasteiger partial charge in [0.15, 0.2) is 0 Å². The van der Waals surface area contributed by atoms with E-state index < -0.39 is 0 Å². The first kappa shape index (κ1) is 12.1. The molecule has 0 N–H and O–H groups in total. The minimum absolute atomic E-state index is 0.238. The Balaban J connectivity index is 1.64. The Kier molecular flexibility index (Phi) is 2.69. The van der Waals surface area contributed by atoms with Crippen molar-refractivity contribution in [2.75, 3.05) is 0 Å². The van der Waals surface area contributed by atoms with E-state index in [1.165, 1.54) is 11.1 Å². The van der Waals surface area contributed by atoms with Gasteiger partial charge in [-0.2, -0.15) is 0 Å². The lowest BCUT2D eigenvalue weighted by Gasteiger charge is -2.51. The molecule has 1 saturated carbocycles. The van der Waals surface area contributed by atoms with Gasteiger partial charge in [0, 0.05) is 0 Å². The molecule has 0 radical (unpaired) electrons. The second kappa shape index (κ2) is 4.44. The quantitative estimate of drug-likeness (QED) is 0.754. The van der Waals surface area contributed by atoms with Crippen molar-refractivity contribution < 1.29 is 9.78 Å². The van der Waals surface area contributed by atoms with Crippen molar-refractivity contribution in [3.05, 3.63) is 71.8 Å². The van der Waals surface area contributed by atoms with Crippen LogP contribution < -0.4 is 0 Å². The summed E-state index contributed by atoms with van der Waals surface area (Å²) in [4.78, 5) is 11.8. The van der Waals surface area contributed by atoms with Gasteiger partial charge in [0.2, 0.25) is 0 Å². The van der Waals surface area contributed by atoms with Gasteiger partial charge in [-0.05, 0) is 36.8 Å². The molecule has 102 valence electrons. The van der Waals surface area contributed by atoms with E-state index in [4.69, 9.17) is 9.78 Å². The first-order valence-electron chi connectivity index (χ1n) is 7.31. The summed E-state index contributed by atoms with van der Waals surface area (Å²) in [5.74, 6) is 0. The van der Waals surface area contributed by atoms with E-state index in [9.17, 15) is 0 Å². The van der Waals surface area contributed by atoms with Crippen LogP contribution in [0.5, 0.6) is 0 Å². The minimum atomic E-state index is -0.238. The number of rotatable bonds is 2. The number of fused-ring (bicyclic) bond motifs is 3. The third-order valence-corrected chi connectivity index (χ3v) is 4.83. The summed E-state index contributed by atoms with van der Waals surface area (Å²) in [6.07, 6.45) is 4.08. The summed E-state index contributed by atoms with van der Waals surface area (Å²) >= 11 is 0. The van der Waals surface area contributed by atoms with Gasteiger partial charge in [-0.25, -0.2) is 9.78 Å². The first-order valence-corrected chi connectivity index (χ1v) is 7.31. The van der Waals surface area contributed by atoms with Gasteiger partial charge in [-0.1, -0.05) is 60.7 Å². The molecule has 0 spiro atoms. The second-order valence-electron chi connectivity index (χ2n) is 5.89. The van der Waals surface area contributed by atoms with Gasteiger partial charge in [0.25, 0.3) is 0 Å². The molecule has 0 unspecified atom stereocenters. The maximum Gasteiger partial charge on any atom is 0.129 e. The molecule has 20 heavy (non-hydrogen) atoms. The van der Waals surface area contributed by atoms with Gasteiger partial charge in [0.05, 0.1) is 0 Å². The minimum Gasteiger partial charge on any atom is -0.224 e. The lowest BCUT2D eigenvalue weighted by molar-refractivity contribution is -0.479. The van der Waals surface area contributed by atoms with E-state index >= 15 is 0 Å². The van der Waals surface area contributed by atoms with Crippen LogP contribution in [-0.4, -0.2) is 0 Å². The van der Waals surface area contributed by atoms with Crippen molar-refractivity contribution in [2.24, 2.45) is 0 Å². The zero-order valence-corrected chi connectivity index (χ0v) is 11.4. The summed E-state index contributed by atoms with van der Waals surface area (Å²) in [7, 11) is 0. The largest absolute Gasteiger partial charge is 0.224 e. The van der Waals surface area contributed by atoms with Crippen LogP contribution in [0.25, 0.3) is 0 Å². The Morgan fingerprint density at radius 2 is 0.900 bits per heavy atom. The van der Waals surface area contributed by atoms with Crippen LogP contribution in [0.2, 0.25) is 0 Å². The SMILES string of the molecule is c1ccc(C23CCC(c4ccccc4)(CC2)OO3)cc1. The van der Waals surface area contributed by atoms with Crippen LogP contribution in [0.3, 0.4) is 0 Å². The van der Waals surface area contributed by atoms with Gasteiger partial charge in [0.1, 0.15) is 11.2 Å².